The van der Waals surface area contributed by atoms with Crippen LogP contribution in [0.2, 0.25) is 0 Å². The third-order valence-corrected chi connectivity index (χ3v) is 4.80. The Kier molecular flexibility index (Phi) is 9.41. The van der Waals surface area contributed by atoms with E-state index in [-0.39, 0.29) is 35.8 Å². The van der Waals surface area contributed by atoms with Gasteiger partial charge in [-0.2, -0.15) is 0 Å². The van der Waals surface area contributed by atoms with Crippen LogP contribution in [0.4, 0.5) is 10.2 Å². The maximum atomic E-state index is 14.0. The number of aliphatic imine (C=N–C) groups is 1. The first-order valence-corrected chi connectivity index (χ1v) is 9.76. The number of para-hydroxylation sites is 1. The highest BCUT2D eigenvalue weighted by atomic mass is 127. The van der Waals surface area contributed by atoms with Crippen molar-refractivity contribution in [3.05, 3.63) is 47.9 Å². The van der Waals surface area contributed by atoms with E-state index in [1.165, 1.54) is 6.07 Å². The second-order valence-corrected chi connectivity index (χ2v) is 6.73. The van der Waals surface area contributed by atoms with Gasteiger partial charge in [-0.05, 0) is 31.5 Å². The Bertz CT molecular complexity index is 852. The lowest BCUT2D eigenvalue weighted by atomic mass is 10.2. The van der Waals surface area contributed by atoms with Crippen LogP contribution in [-0.2, 0) is 6.54 Å². The Morgan fingerprint density at radius 2 is 2.10 bits per heavy atom. The van der Waals surface area contributed by atoms with Gasteiger partial charge < -0.3 is 25.0 Å². The number of hydrogen-bond acceptors (Lipinski definition) is 5. The van der Waals surface area contributed by atoms with E-state index in [0.29, 0.717) is 36.4 Å². The van der Waals surface area contributed by atoms with Crippen LogP contribution in [-0.4, -0.2) is 50.8 Å². The number of halogens is 2. The molecule has 164 valence electrons. The number of guanidine groups is 1. The third-order valence-electron chi connectivity index (χ3n) is 4.80. The highest BCUT2D eigenvalue weighted by Gasteiger charge is 2.26. The summed E-state index contributed by atoms with van der Waals surface area (Å²) in [5, 5.41) is 6.72. The van der Waals surface area contributed by atoms with Crippen LogP contribution in [0.5, 0.6) is 11.5 Å². The van der Waals surface area contributed by atoms with Crippen LogP contribution in [0.25, 0.3) is 0 Å². The number of rotatable bonds is 7. The number of hydrogen-bond donors (Lipinski definition) is 2. The molecule has 1 fully saturated rings. The molecule has 2 heterocycles. The van der Waals surface area contributed by atoms with E-state index >= 15 is 0 Å². The van der Waals surface area contributed by atoms with Crippen LogP contribution >= 0.6 is 24.0 Å². The number of pyridine rings is 1. The highest BCUT2D eigenvalue weighted by Crippen LogP contribution is 2.31. The van der Waals surface area contributed by atoms with Crippen LogP contribution in [0.15, 0.2) is 41.5 Å². The molecule has 1 aliphatic rings. The van der Waals surface area contributed by atoms with Crippen molar-refractivity contribution < 1.29 is 13.9 Å². The molecule has 7 nitrogen and oxygen atoms in total. The van der Waals surface area contributed by atoms with Gasteiger partial charge in [-0.1, -0.05) is 12.1 Å². The molecule has 30 heavy (non-hydrogen) atoms. The fourth-order valence-electron chi connectivity index (χ4n) is 3.44. The highest BCUT2D eigenvalue weighted by molar-refractivity contribution is 14.0. The topological polar surface area (TPSA) is 71.0 Å². The van der Waals surface area contributed by atoms with E-state index in [0.717, 1.165) is 25.1 Å². The van der Waals surface area contributed by atoms with Crippen molar-refractivity contribution in [2.45, 2.75) is 25.9 Å². The van der Waals surface area contributed by atoms with Crippen LogP contribution in [0.3, 0.4) is 0 Å². The number of methoxy groups -OCH3 is 2. The lowest BCUT2D eigenvalue weighted by molar-refractivity contribution is 0.352. The zero-order chi connectivity index (χ0) is 20.6. The van der Waals surface area contributed by atoms with Crippen molar-refractivity contribution in [1.82, 2.24) is 15.6 Å². The van der Waals surface area contributed by atoms with Gasteiger partial charge in [-0.25, -0.2) is 14.4 Å². The molecule has 1 aromatic carbocycles. The first-order chi connectivity index (χ1) is 14.2. The zero-order valence-corrected chi connectivity index (χ0v) is 19.9. The van der Waals surface area contributed by atoms with E-state index in [4.69, 9.17) is 14.5 Å². The van der Waals surface area contributed by atoms with Crippen molar-refractivity contribution in [3.8, 4) is 11.5 Å². The summed E-state index contributed by atoms with van der Waals surface area (Å²) >= 11 is 0. The summed E-state index contributed by atoms with van der Waals surface area (Å²) in [5.74, 6) is 2.19. The van der Waals surface area contributed by atoms with Gasteiger partial charge in [0.2, 0.25) is 0 Å². The fourth-order valence-corrected chi connectivity index (χ4v) is 3.44. The molecular weight excluding hydrogens is 500 g/mol. The number of nitrogens with zero attached hydrogens (tertiary/aromatic N) is 3. The van der Waals surface area contributed by atoms with Gasteiger partial charge in [0.15, 0.2) is 29.1 Å². The quantitative estimate of drug-likeness (QED) is 0.326. The Labute approximate surface area is 194 Å². The summed E-state index contributed by atoms with van der Waals surface area (Å²) in [6.07, 6.45) is 2.50. The average Bonchev–Trinajstić information content (AvgIpc) is 3.20. The Hall–Kier alpha value is -2.30. The summed E-state index contributed by atoms with van der Waals surface area (Å²) in [6.45, 7) is 4.62. The van der Waals surface area contributed by atoms with E-state index in [1.54, 1.807) is 26.5 Å². The molecular formula is C21H29FIN5O2. The van der Waals surface area contributed by atoms with Gasteiger partial charge in [0.05, 0.1) is 20.8 Å². The number of aromatic nitrogens is 1. The summed E-state index contributed by atoms with van der Waals surface area (Å²) < 4.78 is 24.8. The van der Waals surface area contributed by atoms with Gasteiger partial charge in [-0.15, -0.1) is 24.0 Å². The molecule has 0 saturated carbocycles. The molecule has 1 aromatic heterocycles. The van der Waals surface area contributed by atoms with Crippen molar-refractivity contribution in [2.24, 2.45) is 4.99 Å². The number of anilines is 1. The maximum absolute atomic E-state index is 14.0. The molecule has 1 aliphatic heterocycles. The third kappa shape index (κ3) is 5.87. The SMILES string of the molecule is CCNC(=NCc1cccc(OC)c1OC)NC1CCN(c2ncccc2F)C1.I. The van der Waals surface area contributed by atoms with E-state index < -0.39 is 0 Å². The molecule has 2 aromatic rings. The summed E-state index contributed by atoms with van der Waals surface area (Å²) in [6, 6.07) is 8.95. The smallest absolute Gasteiger partial charge is 0.191 e. The molecule has 0 radical (unpaired) electrons. The largest absolute Gasteiger partial charge is 0.493 e. The van der Waals surface area contributed by atoms with E-state index in [2.05, 4.69) is 15.6 Å². The lowest BCUT2D eigenvalue weighted by Crippen LogP contribution is -2.44. The van der Waals surface area contributed by atoms with Gasteiger partial charge in [-0.3, -0.25) is 0 Å². The Morgan fingerprint density at radius 3 is 2.80 bits per heavy atom. The molecule has 9 heteroatoms. The van der Waals surface area contributed by atoms with Gasteiger partial charge >= 0.3 is 0 Å². The maximum Gasteiger partial charge on any atom is 0.191 e. The molecule has 0 aliphatic carbocycles. The number of nitrogens with one attached hydrogen (secondary N) is 2. The van der Waals surface area contributed by atoms with Crippen LogP contribution in [0, 0.1) is 5.82 Å². The minimum absolute atomic E-state index is 0. The molecule has 1 atom stereocenters. The first-order valence-electron chi connectivity index (χ1n) is 9.76. The van der Waals surface area contributed by atoms with Gasteiger partial charge in [0.25, 0.3) is 0 Å². The summed E-state index contributed by atoms with van der Waals surface area (Å²) in [5.41, 5.74) is 0.938. The second kappa shape index (κ2) is 11.8. The normalized spacial score (nSPS) is 16.1. The summed E-state index contributed by atoms with van der Waals surface area (Å²) in [7, 11) is 3.24. The van der Waals surface area contributed by atoms with Crippen molar-refractivity contribution in [3.63, 3.8) is 0 Å². The average molecular weight is 529 g/mol. The minimum Gasteiger partial charge on any atom is -0.493 e. The fraction of sp³-hybridized carbons (Fsp3) is 0.429. The number of ether oxygens (including phenoxy) is 2. The van der Waals surface area contributed by atoms with Crippen LogP contribution in [0.1, 0.15) is 18.9 Å². The second-order valence-electron chi connectivity index (χ2n) is 6.73. The van der Waals surface area contributed by atoms with Crippen molar-refractivity contribution in [2.75, 3.05) is 38.8 Å². The molecule has 3 rings (SSSR count). The van der Waals surface area contributed by atoms with Crippen molar-refractivity contribution >= 4 is 35.8 Å². The molecule has 1 saturated heterocycles. The molecule has 0 spiro atoms. The predicted molar refractivity (Wildman–Crippen MR) is 128 cm³/mol. The van der Waals surface area contributed by atoms with Gasteiger partial charge in [0.1, 0.15) is 0 Å². The molecule has 0 bridgehead atoms. The zero-order valence-electron chi connectivity index (χ0n) is 17.5. The first kappa shape index (κ1) is 24.0. The summed E-state index contributed by atoms with van der Waals surface area (Å²) in [4.78, 5) is 10.8. The Balaban J connectivity index is 0.00000320. The van der Waals surface area contributed by atoms with Crippen LogP contribution < -0.4 is 25.0 Å². The minimum atomic E-state index is -0.293. The number of benzene rings is 1. The van der Waals surface area contributed by atoms with E-state index in [9.17, 15) is 4.39 Å². The lowest BCUT2D eigenvalue weighted by Gasteiger charge is -2.20. The molecule has 0 amide bonds. The Morgan fingerprint density at radius 1 is 1.27 bits per heavy atom. The van der Waals surface area contributed by atoms with Crippen molar-refractivity contribution in [1.29, 1.82) is 0 Å². The molecule has 2 N–H and O–H groups in total. The predicted octanol–water partition coefficient (Wildman–Crippen LogP) is 3.19. The molecule has 1 unspecified atom stereocenters. The monoisotopic (exact) mass is 529 g/mol. The van der Waals surface area contributed by atoms with Gasteiger partial charge in [0, 0.05) is 37.4 Å². The van der Waals surface area contributed by atoms with E-state index in [1.807, 2.05) is 30.0 Å². The standard InChI is InChI=1S/C21H28FN5O2.HI/c1-4-23-21(25-13-15-7-5-9-18(28-2)19(15)29-3)26-16-10-12-27(14-16)20-17(22)8-6-11-24-20;/h5-9,11,16H,4,10,12-14H2,1-3H3,(H2,23,25,26);1H.